The molecule has 1 aromatic heterocycles. The van der Waals surface area contributed by atoms with E-state index in [4.69, 9.17) is 9.47 Å². The molecule has 0 fully saturated rings. The van der Waals surface area contributed by atoms with Crippen LogP contribution in [0, 0.1) is 13.8 Å². The molecule has 1 heterocycles. The van der Waals surface area contributed by atoms with Gasteiger partial charge in [-0.25, -0.2) is 4.79 Å². The zero-order valence-electron chi connectivity index (χ0n) is 14.3. The quantitative estimate of drug-likeness (QED) is 0.819. The zero-order chi connectivity index (χ0) is 17.7. The Kier molecular flexibility index (Phi) is 5.70. The minimum Gasteiger partial charge on any atom is -0.452 e. The number of aryl methyl sites for hydroxylation is 2. The van der Waals surface area contributed by atoms with E-state index in [2.05, 4.69) is 10.4 Å². The molecular weight excluding hydrogens is 310 g/mol. The third kappa shape index (κ3) is 4.20. The van der Waals surface area contributed by atoms with Gasteiger partial charge in [0.15, 0.2) is 6.61 Å². The molecular formula is C17H21N3O4. The molecule has 1 aromatic carbocycles. The summed E-state index contributed by atoms with van der Waals surface area (Å²) in [5, 5.41) is 6.93. The van der Waals surface area contributed by atoms with E-state index in [0.717, 1.165) is 11.3 Å². The Morgan fingerprint density at radius 2 is 2.04 bits per heavy atom. The lowest BCUT2D eigenvalue weighted by molar-refractivity contribution is -0.119. The van der Waals surface area contributed by atoms with Gasteiger partial charge in [-0.05, 0) is 31.5 Å². The van der Waals surface area contributed by atoms with Crippen LogP contribution in [0.15, 0.2) is 24.3 Å². The zero-order valence-corrected chi connectivity index (χ0v) is 14.3. The standard InChI is InChI=1S/C17H21N3O4/c1-11-16(12(2)20(3)19-11)18-15(21)10-24-17(22)14-7-5-6-13(8-14)9-23-4/h5-8H,9-10H2,1-4H3,(H,18,21). The monoisotopic (exact) mass is 331 g/mol. The van der Waals surface area contributed by atoms with Crippen LogP contribution in [-0.4, -0.2) is 35.4 Å². The lowest BCUT2D eigenvalue weighted by atomic mass is 10.1. The maximum atomic E-state index is 12.0. The number of hydrogen-bond donors (Lipinski definition) is 1. The van der Waals surface area contributed by atoms with Crippen LogP contribution in [0.5, 0.6) is 0 Å². The highest BCUT2D eigenvalue weighted by atomic mass is 16.5. The summed E-state index contributed by atoms with van der Waals surface area (Å²) in [5.41, 5.74) is 3.42. The van der Waals surface area contributed by atoms with E-state index in [0.29, 0.717) is 23.6 Å². The Labute approximate surface area is 140 Å². The summed E-state index contributed by atoms with van der Waals surface area (Å²) in [7, 11) is 3.38. The van der Waals surface area contributed by atoms with Crippen LogP contribution in [0.25, 0.3) is 0 Å². The predicted molar refractivity (Wildman–Crippen MR) is 88.7 cm³/mol. The average Bonchev–Trinajstić information content (AvgIpc) is 2.79. The van der Waals surface area contributed by atoms with Gasteiger partial charge in [0.2, 0.25) is 0 Å². The van der Waals surface area contributed by atoms with Crippen molar-refractivity contribution >= 4 is 17.6 Å². The fourth-order valence-electron chi connectivity index (χ4n) is 2.30. The molecule has 0 radical (unpaired) electrons. The maximum absolute atomic E-state index is 12.0. The summed E-state index contributed by atoms with van der Waals surface area (Å²) in [4.78, 5) is 24.0. The van der Waals surface area contributed by atoms with Gasteiger partial charge in [0.25, 0.3) is 5.91 Å². The molecule has 7 heteroatoms. The minimum atomic E-state index is -0.553. The lowest BCUT2D eigenvalue weighted by Crippen LogP contribution is -2.21. The van der Waals surface area contributed by atoms with Crippen LogP contribution in [-0.2, 0) is 27.9 Å². The Morgan fingerprint density at radius 3 is 2.67 bits per heavy atom. The van der Waals surface area contributed by atoms with Crippen molar-refractivity contribution < 1.29 is 19.1 Å². The smallest absolute Gasteiger partial charge is 0.338 e. The molecule has 128 valence electrons. The molecule has 0 aliphatic rings. The molecule has 0 saturated carbocycles. The van der Waals surface area contributed by atoms with Crippen LogP contribution in [0.1, 0.15) is 27.3 Å². The second-order valence-corrected chi connectivity index (χ2v) is 5.43. The Bertz CT molecular complexity index is 752. The number of benzene rings is 1. The summed E-state index contributed by atoms with van der Waals surface area (Å²) >= 11 is 0. The molecule has 7 nitrogen and oxygen atoms in total. The molecule has 1 amide bonds. The van der Waals surface area contributed by atoms with Crippen molar-refractivity contribution in [3.8, 4) is 0 Å². The first-order valence-electron chi connectivity index (χ1n) is 7.47. The summed E-state index contributed by atoms with van der Waals surface area (Å²) in [6, 6.07) is 6.91. The van der Waals surface area contributed by atoms with Crippen molar-refractivity contribution in [1.82, 2.24) is 9.78 Å². The van der Waals surface area contributed by atoms with Crippen LogP contribution in [0.4, 0.5) is 5.69 Å². The molecule has 0 aliphatic carbocycles. The van der Waals surface area contributed by atoms with E-state index in [1.807, 2.05) is 13.0 Å². The van der Waals surface area contributed by atoms with Crippen LogP contribution >= 0.6 is 0 Å². The summed E-state index contributed by atoms with van der Waals surface area (Å²) in [6.45, 7) is 3.70. The third-order valence-electron chi connectivity index (χ3n) is 3.58. The number of carbonyl (C=O) groups excluding carboxylic acids is 2. The highest BCUT2D eigenvalue weighted by molar-refractivity contribution is 5.96. The topological polar surface area (TPSA) is 82.4 Å². The molecule has 2 rings (SSSR count). The van der Waals surface area contributed by atoms with E-state index in [-0.39, 0.29) is 6.61 Å². The maximum Gasteiger partial charge on any atom is 0.338 e. The van der Waals surface area contributed by atoms with Gasteiger partial charge in [0, 0.05) is 14.2 Å². The van der Waals surface area contributed by atoms with Crippen molar-refractivity contribution in [2.45, 2.75) is 20.5 Å². The summed E-state index contributed by atoms with van der Waals surface area (Å²) in [6.07, 6.45) is 0. The van der Waals surface area contributed by atoms with Crippen molar-refractivity contribution in [2.75, 3.05) is 19.0 Å². The summed E-state index contributed by atoms with van der Waals surface area (Å²) in [5.74, 6) is -0.960. The van der Waals surface area contributed by atoms with E-state index in [9.17, 15) is 9.59 Å². The number of esters is 1. The largest absolute Gasteiger partial charge is 0.452 e. The molecule has 0 spiro atoms. The van der Waals surface area contributed by atoms with E-state index in [1.165, 1.54) is 0 Å². The summed E-state index contributed by atoms with van der Waals surface area (Å²) < 4.78 is 11.8. The van der Waals surface area contributed by atoms with Crippen molar-refractivity contribution in [1.29, 1.82) is 0 Å². The molecule has 0 aliphatic heterocycles. The van der Waals surface area contributed by atoms with Crippen LogP contribution in [0.3, 0.4) is 0 Å². The van der Waals surface area contributed by atoms with Gasteiger partial charge >= 0.3 is 5.97 Å². The molecule has 2 aromatic rings. The van der Waals surface area contributed by atoms with E-state index in [1.54, 1.807) is 44.0 Å². The van der Waals surface area contributed by atoms with Crippen LogP contribution < -0.4 is 5.32 Å². The second-order valence-electron chi connectivity index (χ2n) is 5.43. The van der Waals surface area contributed by atoms with Gasteiger partial charge in [-0.3, -0.25) is 9.48 Å². The average molecular weight is 331 g/mol. The molecule has 0 bridgehead atoms. The number of nitrogens with one attached hydrogen (secondary N) is 1. The highest BCUT2D eigenvalue weighted by Gasteiger charge is 2.15. The van der Waals surface area contributed by atoms with Gasteiger partial charge in [-0.15, -0.1) is 0 Å². The number of nitrogens with zero attached hydrogens (tertiary/aromatic N) is 2. The normalized spacial score (nSPS) is 10.5. The van der Waals surface area contributed by atoms with Gasteiger partial charge < -0.3 is 14.8 Å². The molecule has 0 unspecified atom stereocenters. The minimum absolute atomic E-state index is 0.360. The van der Waals surface area contributed by atoms with Crippen LogP contribution in [0.2, 0.25) is 0 Å². The van der Waals surface area contributed by atoms with Gasteiger partial charge in [-0.2, -0.15) is 5.10 Å². The number of hydrogen-bond acceptors (Lipinski definition) is 5. The fraction of sp³-hybridized carbons (Fsp3) is 0.353. The Hall–Kier alpha value is -2.67. The number of carbonyl (C=O) groups is 2. The number of ether oxygens (including phenoxy) is 2. The first-order chi connectivity index (χ1) is 11.4. The predicted octanol–water partition coefficient (Wildman–Crippen LogP) is 1.98. The van der Waals surface area contributed by atoms with Gasteiger partial charge in [-0.1, -0.05) is 12.1 Å². The van der Waals surface area contributed by atoms with E-state index >= 15 is 0 Å². The van der Waals surface area contributed by atoms with Gasteiger partial charge in [0.05, 0.1) is 29.2 Å². The number of aromatic nitrogens is 2. The molecule has 24 heavy (non-hydrogen) atoms. The lowest BCUT2D eigenvalue weighted by Gasteiger charge is -2.08. The highest BCUT2D eigenvalue weighted by Crippen LogP contribution is 2.18. The van der Waals surface area contributed by atoms with Crippen molar-refractivity contribution in [3.63, 3.8) is 0 Å². The molecule has 1 N–H and O–H groups in total. The Balaban J connectivity index is 1.94. The number of amides is 1. The molecule has 0 saturated heterocycles. The first-order valence-corrected chi connectivity index (χ1v) is 7.47. The molecule has 0 atom stereocenters. The first kappa shape index (κ1) is 17.7. The van der Waals surface area contributed by atoms with E-state index < -0.39 is 11.9 Å². The SMILES string of the molecule is COCc1cccc(C(=O)OCC(=O)Nc2c(C)nn(C)c2C)c1. The number of rotatable bonds is 6. The fourth-order valence-corrected chi connectivity index (χ4v) is 2.30. The second kappa shape index (κ2) is 7.74. The van der Waals surface area contributed by atoms with Crippen molar-refractivity contribution in [2.24, 2.45) is 7.05 Å². The van der Waals surface area contributed by atoms with Crippen molar-refractivity contribution in [3.05, 3.63) is 46.8 Å². The third-order valence-corrected chi connectivity index (χ3v) is 3.58. The Morgan fingerprint density at radius 1 is 1.29 bits per heavy atom. The number of methoxy groups -OCH3 is 1. The number of anilines is 1. The van der Waals surface area contributed by atoms with Gasteiger partial charge in [0.1, 0.15) is 0 Å².